The quantitative estimate of drug-likeness (QED) is 0.862. The van der Waals surface area contributed by atoms with Crippen LogP contribution in [-0.2, 0) is 0 Å². The zero-order valence-corrected chi connectivity index (χ0v) is 13.1. The molecule has 0 bridgehead atoms. The molecule has 2 heterocycles. The molecule has 5 heteroatoms. The predicted molar refractivity (Wildman–Crippen MR) is 81.4 cm³/mol. The van der Waals surface area contributed by atoms with Crippen LogP contribution in [-0.4, -0.2) is 43.3 Å². The van der Waals surface area contributed by atoms with Crippen molar-refractivity contribution in [3.8, 4) is 5.88 Å². The minimum absolute atomic E-state index is 0.298. The molecule has 2 rings (SSSR count). The van der Waals surface area contributed by atoms with E-state index in [1.54, 1.807) is 0 Å². The molecule has 1 aliphatic rings. The Morgan fingerprint density at radius 3 is 2.95 bits per heavy atom. The van der Waals surface area contributed by atoms with Crippen LogP contribution < -0.4 is 15.0 Å². The van der Waals surface area contributed by atoms with Crippen LogP contribution in [0.2, 0.25) is 0 Å². The Bertz CT molecular complexity index is 451. The van der Waals surface area contributed by atoms with Gasteiger partial charge in [-0.1, -0.05) is 13.8 Å². The van der Waals surface area contributed by atoms with E-state index in [1.807, 2.05) is 20.0 Å². The maximum Gasteiger partial charge on any atom is 0.228 e. The zero-order valence-electron chi connectivity index (χ0n) is 13.1. The Morgan fingerprint density at radius 2 is 2.25 bits per heavy atom. The van der Waals surface area contributed by atoms with Gasteiger partial charge >= 0.3 is 0 Å². The lowest BCUT2D eigenvalue weighted by Crippen LogP contribution is -2.33. The number of ether oxygens (including phenoxy) is 1. The molecule has 5 nitrogen and oxygen atoms in total. The average molecular weight is 278 g/mol. The molecule has 1 aromatic heterocycles. The molecule has 1 fully saturated rings. The Hall–Kier alpha value is -1.36. The molecule has 0 amide bonds. The summed E-state index contributed by atoms with van der Waals surface area (Å²) in [6.07, 6.45) is 2.15. The summed E-state index contributed by atoms with van der Waals surface area (Å²) in [7, 11) is 2.01. The van der Waals surface area contributed by atoms with Gasteiger partial charge in [-0.3, -0.25) is 0 Å². The van der Waals surface area contributed by atoms with E-state index in [1.165, 1.54) is 0 Å². The zero-order chi connectivity index (χ0) is 14.6. The van der Waals surface area contributed by atoms with Crippen molar-refractivity contribution in [2.45, 2.75) is 33.6 Å². The minimum atomic E-state index is 0.298. The summed E-state index contributed by atoms with van der Waals surface area (Å²) in [6.45, 7) is 10.1. The first kappa shape index (κ1) is 15.0. The Balaban J connectivity index is 2.11. The van der Waals surface area contributed by atoms with Crippen LogP contribution in [0, 0.1) is 12.3 Å². The fourth-order valence-electron chi connectivity index (χ4n) is 2.71. The molecular weight excluding hydrogens is 252 g/mol. The van der Waals surface area contributed by atoms with Crippen LogP contribution in [0.1, 0.15) is 32.4 Å². The summed E-state index contributed by atoms with van der Waals surface area (Å²) in [5.74, 6) is 1.49. The summed E-state index contributed by atoms with van der Waals surface area (Å²) in [4.78, 5) is 11.4. The van der Waals surface area contributed by atoms with E-state index in [9.17, 15) is 0 Å². The number of hydrogen-bond acceptors (Lipinski definition) is 5. The lowest BCUT2D eigenvalue weighted by molar-refractivity contribution is 0.304. The third-order valence-electron chi connectivity index (χ3n) is 3.72. The van der Waals surface area contributed by atoms with Gasteiger partial charge in [0, 0.05) is 31.4 Å². The van der Waals surface area contributed by atoms with Crippen LogP contribution in [0.15, 0.2) is 6.07 Å². The molecular formula is C15H26N4O. The van der Waals surface area contributed by atoms with Gasteiger partial charge in [-0.2, -0.15) is 4.98 Å². The minimum Gasteiger partial charge on any atom is -0.478 e. The van der Waals surface area contributed by atoms with Crippen molar-refractivity contribution in [2.24, 2.45) is 5.41 Å². The van der Waals surface area contributed by atoms with Crippen LogP contribution in [0.4, 0.5) is 5.95 Å². The van der Waals surface area contributed by atoms with Gasteiger partial charge in [-0.25, -0.2) is 4.98 Å². The van der Waals surface area contributed by atoms with Gasteiger partial charge in [-0.15, -0.1) is 0 Å². The van der Waals surface area contributed by atoms with Gasteiger partial charge in [0.05, 0.1) is 6.61 Å². The summed E-state index contributed by atoms with van der Waals surface area (Å²) < 4.78 is 5.65. The number of nitrogens with zero attached hydrogens (tertiary/aromatic N) is 3. The van der Waals surface area contributed by atoms with Gasteiger partial charge < -0.3 is 15.0 Å². The molecule has 20 heavy (non-hydrogen) atoms. The second kappa shape index (κ2) is 6.39. The molecule has 0 saturated carbocycles. The molecule has 0 radical (unpaired) electrons. The van der Waals surface area contributed by atoms with Crippen LogP contribution >= 0.6 is 0 Å². The third kappa shape index (κ3) is 3.60. The number of rotatable bonds is 6. The summed E-state index contributed by atoms with van der Waals surface area (Å²) >= 11 is 0. The van der Waals surface area contributed by atoms with Crippen molar-refractivity contribution >= 4 is 5.95 Å². The first-order valence-electron chi connectivity index (χ1n) is 7.44. The summed E-state index contributed by atoms with van der Waals surface area (Å²) in [6, 6.07) is 1.90. The van der Waals surface area contributed by atoms with E-state index >= 15 is 0 Å². The predicted octanol–water partition coefficient (Wildman–Crippen LogP) is 2.01. The molecule has 0 spiro atoms. The highest BCUT2D eigenvalue weighted by molar-refractivity contribution is 5.36. The summed E-state index contributed by atoms with van der Waals surface area (Å²) in [5.41, 5.74) is 1.26. The highest BCUT2D eigenvalue weighted by Crippen LogP contribution is 2.31. The molecule has 112 valence electrons. The van der Waals surface area contributed by atoms with E-state index in [-0.39, 0.29) is 0 Å². The molecule has 1 unspecified atom stereocenters. The molecule has 0 aliphatic carbocycles. The number of aromatic nitrogens is 2. The highest BCUT2D eigenvalue weighted by atomic mass is 16.5. The molecule has 0 aromatic carbocycles. The topological polar surface area (TPSA) is 50.3 Å². The SMILES string of the molecule is CCCOc1cc(C)nc(N2CCC(C)(CNC)C2)n1. The van der Waals surface area contributed by atoms with E-state index in [0.29, 0.717) is 17.9 Å². The van der Waals surface area contributed by atoms with Gasteiger partial charge in [0.15, 0.2) is 0 Å². The normalized spacial score (nSPS) is 22.3. The van der Waals surface area contributed by atoms with Crippen molar-refractivity contribution in [1.29, 1.82) is 0 Å². The van der Waals surface area contributed by atoms with Gasteiger partial charge in [0.2, 0.25) is 11.8 Å². The fraction of sp³-hybridized carbons (Fsp3) is 0.733. The average Bonchev–Trinajstić information content (AvgIpc) is 2.79. The van der Waals surface area contributed by atoms with Crippen molar-refractivity contribution in [1.82, 2.24) is 15.3 Å². The highest BCUT2D eigenvalue weighted by Gasteiger charge is 2.34. The monoisotopic (exact) mass is 278 g/mol. The number of aryl methyl sites for hydroxylation is 1. The summed E-state index contributed by atoms with van der Waals surface area (Å²) in [5, 5.41) is 3.28. The van der Waals surface area contributed by atoms with Crippen LogP contribution in [0.3, 0.4) is 0 Å². The van der Waals surface area contributed by atoms with E-state index in [2.05, 4.69) is 34.0 Å². The standard InChI is InChI=1S/C15H26N4O/c1-5-8-20-13-9-12(2)17-14(18-13)19-7-6-15(3,11-19)10-16-4/h9,16H,5-8,10-11H2,1-4H3. The lowest BCUT2D eigenvalue weighted by Gasteiger charge is -2.24. The second-order valence-corrected chi connectivity index (χ2v) is 6.01. The molecule has 1 aromatic rings. The van der Waals surface area contributed by atoms with Crippen molar-refractivity contribution < 1.29 is 4.74 Å². The number of hydrogen-bond donors (Lipinski definition) is 1. The smallest absolute Gasteiger partial charge is 0.228 e. The fourth-order valence-corrected chi connectivity index (χ4v) is 2.71. The third-order valence-corrected chi connectivity index (χ3v) is 3.72. The van der Waals surface area contributed by atoms with Gasteiger partial charge in [0.1, 0.15) is 0 Å². The van der Waals surface area contributed by atoms with Gasteiger partial charge in [-0.05, 0) is 32.2 Å². The molecule has 1 N–H and O–H groups in total. The molecule has 1 atom stereocenters. The first-order chi connectivity index (χ1) is 9.56. The van der Waals surface area contributed by atoms with Crippen molar-refractivity contribution in [2.75, 3.05) is 38.2 Å². The maximum atomic E-state index is 5.65. The number of anilines is 1. The Labute approximate surface area is 121 Å². The first-order valence-corrected chi connectivity index (χ1v) is 7.44. The lowest BCUT2D eigenvalue weighted by atomic mass is 9.90. The van der Waals surface area contributed by atoms with E-state index in [0.717, 1.165) is 44.1 Å². The van der Waals surface area contributed by atoms with E-state index in [4.69, 9.17) is 4.74 Å². The Morgan fingerprint density at radius 1 is 1.45 bits per heavy atom. The second-order valence-electron chi connectivity index (χ2n) is 6.01. The molecule has 1 saturated heterocycles. The Kier molecular flexibility index (Phi) is 4.81. The van der Waals surface area contributed by atoms with E-state index < -0.39 is 0 Å². The largest absolute Gasteiger partial charge is 0.478 e. The molecule has 1 aliphatic heterocycles. The van der Waals surface area contributed by atoms with Gasteiger partial charge in [0.25, 0.3) is 0 Å². The van der Waals surface area contributed by atoms with Crippen molar-refractivity contribution in [3.05, 3.63) is 11.8 Å². The van der Waals surface area contributed by atoms with Crippen molar-refractivity contribution in [3.63, 3.8) is 0 Å². The van der Waals surface area contributed by atoms with Crippen LogP contribution in [0.5, 0.6) is 5.88 Å². The van der Waals surface area contributed by atoms with Crippen LogP contribution in [0.25, 0.3) is 0 Å². The number of nitrogens with one attached hydrogen (secondary N) is 1. The maximum absolute atomic E-state index is 5.65.